The first-order valence-electron chi connectivity index (χ1n) is 41.8. The maximum atomic E-state index is 14.5. The Kier molecular flexibility index (Phi) is 34.5. The Balaban J connectivity index is 0.000000269. The predicted octanol–water partition coefficient (Wildman–Crippen LogP) is 6.26. The highest BCUT2D eigenvalue weighted by molar-refractivity contribution is 6.38. The molecule has 0 radical (unpaired) electrons. The van der Waals surface area contributed by atoms with E-state index in [-0.39, 0.29) is 114 Å². The van der Waals surface area contributed by atoms with Crippen LogP contribution in [-0.4, -0.2) is 210 Å². The highest BCUT2D eigenvalue weighted by Gasteiger charge is 2.48. The molecule has 3 unspecified atom stereocenters. The van der Waals surface area contributed by atoms with E-state index in [9.17, 15) is 67.4 Å². The number of carbonyl (C=O) groups excluding carboxylic acids is 13. The Morgan fingerprint density at radius 1 is 0.508 bits per heavy atom. The van der Waals surface area contributed by atoms with Crippen molar-refractivity contribution in [3.8, 4) is 11.5 Å². The average Bonchev–Trinajstić information content (AvgIpc) is 1.64. The molecule has 10 rings (SSSR count). The van der Waals surface area contributed by atoms with Gasteiger partial charge < -0.3 is 85.9 Å². The van der Waals surface area contributed by atoms with E-state index < -0.39 is 144 Å². The second-order valence-electron chi connectivity index (χ2n) is 33.2. The van der Waals surface area contributed by atoms with Gasteiger partial charge in [-0.05, 0) is 151 Å². The van der Waals surface area contributed by atoms with Gasteiger partial charge in [0.1, 0.15) is 60.1 Å². The molecule has 6 aliphatic rings. The Morgan fingerprint density at radius 2 is 0.932 bits per heavy atom. The molecule has 4 heterocycles. The molecular weight excluding hydrogens is 1520 g/mol. The monoisotopic (exact) mass is 1640 g/mol. The van der Waals surface area contributed by atoms with E-state index in [1.54, 1.807) is 109 Å². The van der Waals surface area contributed by atoms with E-state index in [1.807, 2.05) is 55.5 Å². The smallest absolute Gasteiger partial charge is 0.333 e. The van der Waals surface area contributed by atoms with E-state index in [4.69, 9.17) is 28.4 Å². The Hall–Kier alpha value is -10.3. The van der Waals surface area contributed by atoms with Crippen molar-refractivity contribution in [2.24, 2.45) is 11.8 Å². The first kappa shape index (κ1) is 91.6. The molecular formula is C88H120N10O20. The second-order valence-corrected chi connectivity index (χ2v) is 33.2. The fourth-order valence-electron chi connectivity index (χ4n) is 15.8. The summed E-state index contributed by atoms with van der Waals surface area (Å²) in [5.41, 5.74) is 1.17. The SMILES string of the molecule is CCCC(NC(=O)[C@@H]1C[C@@H]2CN1C(=O)[C@H](C1CCCCC1)NC(=O)CCc1cccc(c1)OCCO2)C(=O)C(=O)NCC(=O)N[C@H](C(=O)OC(C)(C)C)c1ccccc1.CCCC(NC(=O)[C@@H]1C[C@@H]2CN1C(=O)[C@H](C1CCCCC1)NC(=O)CCc1cccc(c1)OCCO2)C(O)C(=O)NCC(=O)N[C@H](C(=O)OC(C)(C)C)c1ccccc1. The second kappa shape index (κ2) is 44.5. The molecule has 4 aliphatic heterocycles. The number of nitrogens with zero attached hydrogens (tertiary/aromatic N) is 2. The van der Waals surface area contributed by atoms with Crippen LogP contribution >= 0.6 is 0 Å². The maximum absolute atomic E-state index is 14.5. The van der Waals surface area contributed by atoms with Crippen LogP contribution in [0.3, 0.4) is 0 Å². The van der Waals surface area contributed by atoms with Crippen molar-refractivity contribution in [1.29, 1.82) is 0 Å². The zero-order valence-corrected chi connectivity index (χ0v) is 69.3. The van der Waals surface area contributed by atoms with Crippen LogP contribution in [-0.2, 0) is 94.1 Å². The normalized spacial score (nSPS) is 21.9. The number of Topliss-reactive ketones (excluding diaryl/α,β-unsaturated/α-hetero) is 1. The minimum atomic E-state index is -1.75. The average molecular weight is 1640 g/mol. The lowest BCUT2D eigenvalue weighted by Crippen LogP contribution is -2.58. The van der Waals surface area contributed by atoms with Gasteiger partial charge in [0.15, 0.2) is 18.2 Å². The van der Waals surface area contributed by atoms with Crippen LogP contribution in [0.4, 0.5) is 0 Å². The van der Waals surface area contributed by atoms with Crippen LogP contribution in [0.15, 0.2) is 109 Å². The third-order valence-electron chi connectivity index (χ3n) is 21.6. The van der Waals surface area contributed by atoms with Crippen LogP contribution in [0, 0.1) is 11.8 Å². The Labute approximate surface area is 690 Å². The number of esters is 2. The van der Waals surface area contributed by atoms with E-state index in [0.29, 0.717) is 48.3 Å². The first-order valence-corrected chi connectivity index (χ1v) is 41.8. The van der Waals surface area contributed by atoms with Gasteiger partial charge in [0.2, 0.25) is 53.0 Å². The molecule has 642 valence electrons. The number of carbonyl (C=O) groups is 13. The molecule has 8 bridgehead atoms. The molecule has 11 atom stereocenters. The fourth-order valence-corrected chi connectivity index (χ4v) is 15.8. The number of ketones is 1. The van der Waals surface area contributed by atoms with Gasteiger partial charge in [0.25, 0.3) is 11.8 Å². The zero-order valence-electron chi connectivity index (χ0n) is 69.3. The molecule has 4 aromatic rings. The summed E-state index contributed by atoms with van der Waals surface area (Å²) in [6.07, 6.45) is 8.82. The zero-order chi connectivity index (χ0) is 85.1. The van der Waals surface area contributed by atoms with Gasteiger partial charge in [-0.1, -0.05) is 150 Å². The molecule has 10 amide bonds. The van der Waals surface area contributed by atoms with Gasteiger partial charge in [-0.3, -0.25) is 52.7 Å². The molecule has 4 fully saturated rings. The lowest BCUT2D eigenvalue weighted by molar-refractivity contribution is -0.159. The highest BCUT2D eigenvalue weighted by Crippen LogP contribution is 2.34. The molecule has 2 saturated heterocycles. The number of rotatable bonds is 24. The predicted molar refractivity (Wildman–Crippen MR) is 434 cm³/mol. The molecule has 4 aromatic carbocycles. The van der Waals surface area contributed by atoms with Crippen molar-refractivity contribution in [2.75, 3.05) is 52.6 Å². The van der Waals surface area contributed by atoms with Gasteiger partial charge in [-0.15, -0.1) is 0 Å². The first-order chi connectivity index (χ1) is 56.4. The van der Waals surface area contributed by atoms with Crippen molar-refractivity contribution in [3.05, 3.63) is 131 Å². The minimum absolute atomic E-state index is 0.0841. The number of hydrogen-bond donors (Lipinski definition) is 9. The molecule has 30 nitrogen and oxygen atoms in total. The summed E-state index contributed by atoms with van der Waals surface area (Å²) < 4.78 is 35.1. The number of benzene rings is 4. The van der Waals surface area contributed by atoms with Crippen molar-refractivity contribution >= 4 is 76.8 Å². The van der Waals surface area contributed by atoms with E-state index >= 15 is 0 Å². The van der Waals surface area contributed by atoms with E-state index in [0.717, 1.165) is 75.3 Å². The number of aliphatic hydroxyl groups excluding tert-OH is 1. The van der Waals surface area contributed by atoms with E-state index in [1.165, 1.54) is 9.80 Å². The fraction of sp³-hybridized carbons (Fsp3) is 0.580. The quantitative estimate of drug-likeness (QED) is 0.0276. The van der Waals surface area contributed by atoms with Crippen LogP contribution < -0.4 is 52.0 Å². The molecule has 9 N–H and O–H groups in total. The van der Waals surface area contributed by atoms with E-state index in [2.05, 4.69) is 42.5 Å². The topological polar surface area (TPSA) is 400 Å². The summed E-state index contributed by atoms with van der Waals surface area (Å²) in [4.78, 5) is 179. The molecule has 118 heavy (non-hydrogen) atoms. The summed E-state index contributed by atoms with van der Waals surface area (Å²) in [6.45, 7) is 13.7. The largest absolute Gasteiger partial charge is 0.491 e. The summed E-state index contributed by atoms with van der Waals surface area (Å²) in [7, 11) is 0. The number of ether oxygens (including phenoxy) is 6. The number of amides is 10. The molecule has 0 spiro atoms. The molecule has 2 aliphatic carbocycles. The van der Waals surface area contributed by atoms with Gasteiger partial charge in [-0.2, -0.15) is 0 Å². The van der Waals surface area contributed by atoms with Gasteiger partial charge >= 0.3 is 11.9 Å². The van der Waals surface area contributed by atoms with Crippen molar-refractivity contribution < 1.29 is 95.9 Å². The Morgan fingerprint density at radius 3 is 1.36 bits per heavy atom. The number of nitrogens with one attached hydrogen (secondary N) is 8. The molecule has 0 aromatic heterocycles. The molecule has 2 saturated carbocycles. The van der Waals surface area contributed by atoms with Gasteiger partial charge in [0, 0.05) is 38.8 Å². The van der Waals surface area contributed by atoms with Gasteiger partial charge in [0.05, 0.1) is 50.6 Å². The number of fused-ring (bicyclic) bond motifs is 8. The number of hydrogen-bond acceptors (Lipinski definition) is 20. The maximum Gasteiger partial charge on any atom is 0.333 e. The van der Waals surface area contributed by atoms with Crippen LogP contribution in [0.25, 0.3) is 0 Å². The number of aryl methyl sites for hydroxylation is 2. The summed E-state index contributed by atoms with van der Waals surface area (Å²) in [6, 6.07) is 23.7. The minimum Gasteiger partial charge on any atom is -0.491 e. The van der Waals surface area contributed by atoms with Crippen LogP contribution in [0.1, 0.15) is 205 Å². The van der Waals surface area contributed by atoms with Crippen LogP contribution in [0.5, 0.6) is 11.5 Å². The third-order valence-corrected chi connectivity index (χ3v) is 21.6. The third kappa shape index (κ3) is 27.9. The van der Waals surface area contributed by atoms with Crippen molar-refractivity contribution in [1.82, 2.24) is 52.3 Å². The lowest BCUT2D eigenvalue weighted by atomic mass is 9.83. The summed E-state index contributed by atoms with van der Waals surface area (Å²) >= 11 is 0. The Bertz CT molecular complexity index is 4090. The number of aliphatic hydroxyl groups is 1. The summed E-state index contributed by atoms with van der Waals surface area (Å²) in [5.74, 6) is -7.19. The van der Waals surface area contributed by atoms with Gasteiger partial charge in [-0.25, -0.2) is 9.59 Å². The van der Waals surface area contributed by atoms with Crippen molar-refractivity contribution in [2.45, 2.75) is 262 Å². The van der Waals surface area contributed by atoms with Crippen molar-refractivity contribution in [3.63, 3.8) is 0 Å². The highest BCUT2D eigenvalue weighted by atomic mass is 16.6. The standard InChI is InChI=1S/C44H61N5O10.C44H59N5O10/c2*1-5-13-33(39(52)41(54)45-26-36(51)48-38(30-17-10-7-11-18-30)43(56)59-44(2,3)4)46-40(53)34-25-32-27-49(34)42(55)37(29-15-8-6-9-16-29)47-35(50)21-20-28-14-12-19-31(24-28)57-22-23-58-32/h7,10-12,14,17-19,24,29,32-34,37-39,52H,5-6,8-9,13,15-16,20-23,25-27H2,1-4H3,(H,45,54)(H,46,53)(H,47,50)(H,48,51);7,10-12,14,17-19,24,29,32-34,37-38H,5-6,8-9,13,15-16,20-23,25-27H2,1-4H3,(H,45,54)(H,46,53)(H,47,50)(H,48,51)/t32-,33?,34+,37+,38+,39?;32-,33?,34+,37+,38+/m11/s1. The van der Waals surface area contributed by atoms with Crippen LogP contribution in [0.2, 0.25) is 0 Å². The summed E-state index contributed by atoms with van der Waals surface area (Å²) in [5, 5.41) is 32.8. The molecule has 30 heteroatoms. The lowest BCUT2D eigenvalue weighted by Gasteiger charge is -2.35.